The van der Waals surface area contributed by atoms with Gasteiger partial charge in [-0.2, -0.15) is 0 Å². The van der Waals surface area contributed by atoms with Crippen molar-refractivity contribution in [3.8, 4) is 11.1 Å². The van der Waals surface area contributed by atoms with Gasteiger partial charge in [0, 0.05) is 38.5 Å². The number of nitrogens with one attached hydrogen (secondary N) is 1. The molecule has 1 heterocycles. The van der Waals surface area contributed by atoms with Gasteiger partial charge in [-0.25, -0.2) is 0 Å². The van der Waals surface area contributed by atoms with E-state index in [1.807, 2.05) is 48.5 Å². The molecule has 3 aromatic carbocycles. The molecule has 3 aromatic rings. The lowest BCUT2D eigenvalue weighted by Gasteiger charge is -2.37. The summed E-state index contributed by atoms with van der Waals surface area (Å²) in [7, 11) is 2.06. The lowest BCUT2D eigenvalue weighted by molar-refractivity contribution is -0.252. The van der Waals surface area contributed by atoms with E-state index in [1.165, 1.54) is 6.92 Å². The monoisotopic (exact) mass is 500 g/mol. The molecule has 0 aromatic heterocycles. The smallest absolute Gasteiger partial charge is 0.217 e. The van der Waals surface area contributed by atoms with Gasteiger partial charge in [-0.15, -0.1) is 6.58 Å². The molecule has 37 heavy (non-hydrogen) atoms. The van der Waals surface area contributed by atoms with Gasteiger partial charge in [0.05, 0.1) is 18.8 Å². The van der Waals surface area contributed by atoms with Crippen LogP contribution in [0.3, 0.4) is 0 Å². The summed E-state index contributed by atoms with van der Waals surface area (Å²) in [5.74, 6) is -0.0504. The molecular formula is C31H36N2O4. The van der Waals surface area contributed by atoms with E-state index in [-0.39, 0.29) is 24.7 Å². The molecule has 0 radical (unpaired) electrons. The van der Waals surface area contributed by atoms with E-state index >= 15 is 0 Å². The molecule has 6 nitrogen and oxygen atoms in total. The molecule has 1 aliphatic heterocycles. The second-order valence-electron chi connectivity index (χ2n) is 9.55. The van der Waals surface area contributed by atoms with Crippen molar-refractivity contribution >= 4 is 5.91 Å². The molecule has 0 bridgehead atoms. The first kappa shape index (κ1) is 26.8. The highest BCUT2D eigenvalue weighted by molar-refractivity contribution is 5.74. The lowest BCUT2D eigenvalue weighted by atomic mass is 9.97. The fourth-order valence-electron chi connectivity index (χ4n) is 4.67. The van der Waals surface area contributed by atoms with Crippen molar-refractivity contribution in [2.45, 2.75) is 45.0 Å². The molecule has 2 N–H and O–H groups in total. The Morgan fingerprint density at radius 2 is 1.76 bits per heavy atom. The molecule has 1 fully saturated rings. The zero-order chi connectivity index (χ0) is 26.2. The van der Waals surface area contributed by atoms with Crippen LogP contribution < -0.4 is 5.32 Å². The second kappa shape index (κ2) is 12.8. The Labute approximate surface area is 219 Å². The van der Waals surface area contributed by atoms with Gasteiger partial charge in [-0.05, 0) is 34.9 Å². The van der Waals surface area contributed by atoms with Gasteiger partial charge in [-0.1, -0.05) is 78.9 Å². The highest BCUT2D eigenvalue weighted by Gasteiger charge is 2.32. The van der Waals surface area contributed by atoms with Crippen LogP contribution in [0.25, 0.3) is 11.1 Å². The van der Waals surface area contributed by atoms with Crippen molar-refractivity contribution in [2.75, 3.05) is 20.1 Å². The molecule has 194 valence electrons. The van der Waals surface area contributed by atoms with Crippen molar-refractivity contribution in [1.29, 1.82) is 0 Å². The predicted octanol–water partition coefficient (Wildman–Crippen LogP) is 5.15. The van der Waals surface area contributed by atoms with Crippen molar-refractivity contribution in [2.24, 2.45) is 0 Å². The van der Waals surface area contributed by atoms with E-state index in [1.54, 1.807) is 0 Å². The van der Waals surface area contributed by atoms with Crippen LogP contribution >= 0.6 is 0 Å². The minimum atomic E-state index is -0.498. The van der Waals surface area contributed by atoms with Crippen molar-refractivity contribution in [3.05, 3.63) is 108 Å². The first-order valence-corrected chi connectivity index (χ1v) is 12.7. The molecule has 1 aliphatic rings. The van der Waals surface area contributed by atoms with Gasteiger partial charge in [0.1, 0.15) is 0 Å². The molecule has 3 unspecified atom stereocenters. The summed E-state index contributed by atoms with van der Waals surface area (Å²) >= 11 is 0. The number of aliphatic hydroxyl groups excluding tert-OH is 1. The van der Waals surface area contributed by atoms with Gasteiger partial charge in [0.15, 0.2) is 6.29 Å². The van der Waals surface area contributed by atoms with E-state index in [0.717, 1.165) is 52.9 Å². The molecule has 1 amide bonds. The van der Waals surface area contributed by atoms with Crippen LogP contribution in [0, 0.1) is 0 Å². The van der Waals surface area contributed by atoms with Gasteiger partial charge < -0.3 is 24.8 Å². The summed E-state index contributed by atoms with van der Waals surface area (Å²) in [5, 5.41) is 12.3. The van der Waals surface area contributed by atoms with Gasteiger partial charge in [-0.3, -0.25) is 4.79 Å². The molecule has 0 spiro atoms. The number of nitrogens with zero attached hydrogens (tertiary/aromatic N) is 1. The number of aliphatic hydroxyl groups is 1. The minimum absolute atomic E-state index is 0.00993. The molecule has 3 atom stereocenters. The number of carbonyl (C=O) groups is 1. The fourth-order valence-corrected chi connectivity index (χ4v) is 4.67. The standard InChI is InChI=1S/C31H36N2O4/c1-4-17-33(3)20-28-18-30(25-11-9-23(21-34)10-12-25)37-31(36-28)26-15-13-24(14-16-26)29-8-6-5-7-27(29)19-32-22(2)35/h4-16,28,30-31,34H,1,17-21H2,2-3H3,(H,32,35). The average molecular weight is 501 g/mol. The first-order valence-electron chi connectivity index (χ1n) is 12.7. The normalized spacial score (nSPS) is 19.5. The van der Waals surface area contributed by atoms with Crippen molar-refractivity contribution < 1.29 is 19.4 Å². The third-order valence-corrected chi connectivity index (χ3v) is 6.61. The Balaban J connectivity index is 1.56. The topological polar surface area (TPSA) is 71.0 Å². The summed E-state index contributed by atoms with van der Waals surface area (Å²) in [6.07, 6.45) is 2.01. The van der Waals surface area contributed by atoms with Gasteiger partial charge >= 0.3 is 0 Å². The highest BCUT2D eigenvalue weighted by Crippen LogP contribution is 2.38. The summed E-state index contributed by atoms with van der Waals surface area (Å²) in [6.45, 7) is 7.43. The predicted molar refractivity (Wildman–Crippen MR) is 146 cm³/mol. The van der Waals surface area contributed by atoms with Crippen LogP contribution in [-0.2, 0) is 27.4 Å². The number of amides is 1. The molecular weight excluding hydrogens is 464 g/mol. The van der Waals surface area contributed by atoms with E-state index in [0.29, 0.717) is 6.54 Å². The fraction of sp³-hybridized carbons (Fsp3) is 0.323. The van der Waals surface area contributed by atoms with Crippen LogP contribution in [-0.4, -0.2) is 42.2 Å². The van der Waals surface area contributed by atoms with E-state index in [2.05, 4.69) is 54.2 Å². The molecule has 6 heteroatoms. The third-order valence-electron chi connectivity index (χ3n) is 6.61. The second-order valence-corrected chi connectivity index (χ2v) is 9.55. The Morgan fingerprint density at radius 1 is 1.05 bits per heavy atom. The average Bonchev–Trinajstić information content (AvgIpc) is 2.92. The van der Waals surface area contributed by atoms with E-state index in [9.17, 15) is 9.90 Å². The summed E-state index contributed by atoms with van der Waals surface area (Å²) < 4.78 is 12.9. The Morgan fingerprint density at radius 3 is 2.43 bits per heavy atom. The lowest BCUT2D eigenvalue weighted by Crippen LogP contribution is -2.37. The third kappa shape index (κ3) is 7.14. The summed E-state index contributed by atoms with van der Waals surface area (Å²) in [5.41, 5.74) is 6.12. The van der Waals surface area contributed by atoms with Crippen LogP contribution in [0.1, 0.15) is 48.0 Å². The zero-order valence-corrected chi connectivity index (χ0v) is 21.6. The van der Waals surface area contributed by atoms with Crippen LogP contribution in [0.4, 0.5) is 0 Å². The van der Waals surface area contributed by atoms with Crippen molar-refractivity contribution in [3.63, 3.8) is 0 Å². The SMILES string of the molecule is C=CCN(C)CC1CC(c2ccc(CO)cc2)OC(c2ccc(-c3ccccc3CNC(C)=O)cc2)O1. The number of hydrogen-bond donors (Lipinski definition) is 2. The van der Waals surface area contributed by atoms with Gasteiger partial charge in [0.25, 0.3) is 0 Å². The Kier molecular flexibility index (Phi) is 9.25. The highest BCUT2D eigenvalue weighted by atomic mass is 16.7. The van der Waals surface area contributed by atoms with E-state index in [4.69, 9.17) is 9.47 Å². The quantitative estimate of drug-likeness (QED) is 0.377. The minimum Gasteiger partial charge on any atom is -0.392 e. The number of hydrogen-bond acceptors (Lipinski definition) is 5. The van der Waals surface area contributed by atoms with Crippen LogP contribution in [0.2, 0.25) is 0 Å². The molecule has 4 rings (SSSR count). The maximum atomic E-state index is 11.4. The summed E-state index contributed by atoms with van der Waals surface area (Å²) in [4.78, 5) is 13.6. The number of ether oxygens (including phenoxy) is 2. The molecule has 0 aliphatic carbocycles. The number of likely N-dealkylation sites (N-methyl/N-ethyl adjacent to an activating group) is 1. The molecule has 0 saturated carbocycles. The zero-order valence-electron chi connectivity index (χ0n) is 21.6. The summed E-state index contributed by atoms with van der Waals surface area (Å²) in [6, 6.07) is 24.3. The maximum absolute atomic E-state index is 11.4. The first-order chi connectivity index (χ1) is 18.0. The number of benzene rings is 3. The number of carbonyl (C=O) groups excluding carboxylic acids is 1. The van der Waals surface area contributed by atoms with Gasteiger partial charge in [0.2, 0.25) is 5.91 Å². The van der Waals surface area contributed by atoms with Crippen LogP contribution in [0.5, 0.6) is 0 Å². The number of rotatable bonds is 10. The van der Waals surface area contributed by atoms with E-state index < -0.39 is 6.29 Å². The molecule has 1 saturated heterocycles. The largest absolute Gasteiger partial charge is 0.392 e. The maximum Gasteiger partial charge on any atom is 0.217 e. The Bertz CT molecular complexity index is 1180. The Hall–Kier alpha value is -3.29. The van der Waals surface area contributed by atoms with Crippen molar-refractivity contribution in [1.82, 2.24) is 10.2 Å². The van der Waals surface area contributed by atoms with Crippen LogP contribution in [0.15, 0.2) is 85.5 Å².